The molecule has 2 heterocycles. The molecular weight excluding hydrogens is 496 g/mol. The van der Waals surface area contributed by atoms with Crippen molar-refractivity contribution in [3.63, 3.8) is 0 Å². The lowest BCUT2D eigenvalue weighted by Gasteiger charge is -2.15. The van der Waals surface area contributed by atoms with E-state index in [0.29, 0.717) is 25.2 Å². The standard InChI is InChI=1S/C25H26N6O5S/c26-37(34,35)36-14-19-10-20(11-23(19)32)29-25-21(12-27-15-28-25)24(33)22-7-8-31(30-22)13-16-5-6-17-3-1-2-4-18(17)9-16/h1-9,12,15,19-20,23,32H,10-11,13-14H2,(H2,26,34,35)(H,27,28,29)/t19-,20-,23+/m1/s1. The summed E-state index contributed by atoms with van der Waals surface area (Å²) in [5.74, 6) is -0.454. The SMILES string of the molecule is NS(=O)(=O)OC[C@H]1C[C@@H](Nc2ncncc2C(=O)c2ccn(Cc3ccc4ccccc4c3)n2)C[C@@H]1O. The number of aromatic nitrogens is 4. The first-order chi connectivity index (χ1) is 17.7. The number of benzene rings is 2. The quantitative estimate of drug-likeness (QED) is 0.279. The van der Waals surface area contributed by atoms with Gasteiger partial charge in [-0.25, -0.2) is 15.1 Å². The van der Waals surface area contributed by atoms with Crippen molar-refractivity contribution in [1.29, 1.82) is 0 Å². The number of anilines is 1. The molecule has 37 heavy (non-hydrogen) atoms. The molecular formula is C25H26N6O5S. The van der Waals surface area contributed by atoms with Crippen LogP contribution in [0.15, 0.2) is 67.3 Å². The lowest BCUT2D eigenvalue weighted by atomic mass is 10.1. The number of nitrogens with one attached hydrogen (secondary N) is 1. The normalized spacial score (nSPS) is 19.8. The van der Waals surface area contributed by atoms with E-state index in [1.165, 1.54) is 12.5 Å². The van der Waals surface area contributed by atoms with Crippen LogP contribution in [0.25, 0.3) is 10.8 Å². The Balaban J connectivity index is 1.27. The fourth-order valence-corrected chi connectivity index (χ4v) is 4.98. The van der Waals surface area contributed by atoms with Crippen molar-refractivity contribution in [3.05, 3.63) is 84.1 Å². The van der Waals surface area contributed by atoms with Crippen LogP contribution in [0.3, 0.4) is 0 Å². The summed E-state index contributed by atoms with van der Waals surface area (Å²) in [6.07, 6.45) is 4.46. The Morgan fingerprint density at radius 1 is 1.16 bits per heavy atom. The molecule has 5 rings (SSSR count). The van der Waals surface area contributed by atoms with Gasteiger partial charge in [-0.15, -0.1) is 0 Å². The second-order valence-electron chi connectivity index (χ2n) is 9.11. The van der Waals surface area contributed by atoms with Crippen LogP contribution < -0.4 is 10.5 Å². The Kier molecular flexibility index (Phi) is 6.98. The maximum atomic E-state index is 13.3. The van der Waals surface area contributed by atoms with Crippen molar-refractivity contribution in [1.82, 2.24) is 19.7 Å². The van der Waals surface area contributed by atoms with Gasteiger partial charge in [0.15, 0.2) is 0 Å². The summed E-state index contributed by atoms with van der Waals surface area (Å²) in [6, 6.07) is 15.7. The Morgan fingerprint density at radius 2 is 1.97 bits per heavy atom. The molecule has 1 fully saturated rings. The molecule has 0 unspecified atom stereocenters. The zero-order valence-corrected chi connectivity index (χ0v) is 20.6. The average Bonchev–Trinajstić information content (AvgIpc) is 3.48. The van der Waals surface area contributed by atoms with Gasteiger partial charge in [-0.2, -0.15) is 13.5 Å². The Morgan fingerprint density at radius 3 is 2.78 bits per heavy atom. The number of rotatable bonds is 9. The molecule has 1 saturated carbocycles. The molecule has 1 aliphatic carbocycles. The summed E-state index contributed by atoms with van der Waals surface area (Å²) in [6.45, 7) is 0.291. The minimum atomic E-state index is -4.09. The number of carbonyl (C=O) groups excluding carboxylic acids is 1. The summed E-state index contributed by atoms with van der Waals surface area (Å²) >= 11 is 0. The molecule has 4 aromatic rings. The second-order valence-corrected chi connectivity index (χ2v) is 10.3. The summed E-state index contributed by atoms with van der Waals surface area (Å²) in [7, 11) is -4.09. The van der Waals surface area contributed by atoms with Crippen molar-refractivity contribution in [2.45, 2.75) is 31.5 Å². The molecule has 0 aliphatic heterocycles. The van der Waals surface area contributed by atoms with Gasteiger partial charge in [0.25, 0.3) is 0 Å². The third-order valence-electron chi connectivity index (χ3n) is 6.43. The van der Waals surface area contributed by atoms with Crippen LogP contribution in [-0.4, -0.2) is 57.8 Å². The molecule has 0 spiro atoms. The van der Waals surface area contributed by atoms with E-state index in [1.54, 1.807) is 16.9 Å². The van der Waals surface area contributed by atoms with Gasteiger partial charge in [-0.1, -0.05) is 36.4 Å². The van der Waals surface area contributed by atoms with Gasteiger partial charge in [-0.05, 0) is 41.3 Å². The van der Waals surface area contributed by atoms with Crippen LogP contribution in [0.1, 0.15) is 34.5 Å². The first kappa shape index (κ1) is 25.0. The Bertz CT molecular complexity index is 1540. The summed E-state index contributed by atoms with van der Waals surface area (Å²) in [5, 5.41) is 25.1. The van der Waals surface area contributed by atoms with Gasteiger partial charge in [-0.3, -0.25) is 13.7 Å². The number of nitrogens with zero attached hydrogens (tertiary/aromatic N) is 4. The van der Waals surface area contributed by atoms with Crippen LogP contribution in [0.2, 0.25) is 0 Å². The third kappa shape index (κ3) is 6.00. The third-order valence-corrected chi connectivity index (χ3v) is 6.90. The minimum Gasteiger partial charge on any atom is -0.393 e. The zero-order valence-electron chi connectivity index (χ0n) is 19.8. The minimum absolute atomic E-state index is 0.220. The number of hydrogen-bond acceptors (Lipinski definition) is 9. The Hall–Kier alpha value is -3.71. The molecule has 4 N–H and O–H groups in total. The van der Waals surface area contributed by atoms with E-state index in [1.807, 2.05) is 18.2 Å². The molecule has 3 atom stereocenters. The smallest absolute Gasteiger partial charge is 0.333 e. The van der Waals surface area contributed by atoms with Crippen molar-refractivity contribution in [2.75, 3.05) is 11.9 Å². The van der Waals surface area contributed by atoms with E-state index in [-0.39, 0.29) is 29.7 Å². The van der Waals surface area contributed by atoms with Gasteiger partial charge < -0.3 is 10.4 Å². The molecule has 2 aromatic heterocycles. The van der Waals surface area contributed by atoms with E-state index in [0.717, 1.165) is 16.3 Å². The zero-order chi connectivity index (χ0) is 26.0. The number of aliphatic hydroxyl groups excluding tert-OH is 1. The van der Waals surface area contributed by atoms with Crippen LogP contribution >= 0.6 is 0 Å². The summed E-state index contributed by atoms with van der Waals surface area (Å²) < 4.78 is 28.5. The predicted molar refractivity (Wildman–Crippen MR) is 136 cm³/mol. The largest absolute Gasteiger partial charge is 0.393 e. The molecule has 0 amide bonds. The first-order valence-electron chi connectivity index (χ1n) is 11.7. The molecule has 0 saturated heterocycles. The highest BCUT2D eigenvalue weighted by Crippen LogP contribution is 2.30. The van der Waals surface area contributed by atoms with Gasteiger partial charge >= 0.3 is 10.3 Å². The van der Waals surface area contributed by atoms with Crippen molar-refractivity contribution < 1.29 is 22.5 Å². The fraction of sp³-hybridized carbons (Fsp3) is 0.280. The molecule has 2 aromatic carbocycles. The molecule has 1 aliphatic rings. The van der Waals surface area contributed by atoms with Gasteiger partial charge in [0.2, 0.25) is 5.78 Å². The number of aliphatic hydroxyl groups is 1. The first-order valence-corrected chi connectivity index (χ1v) is 13.2. The average molecular weight is 523 g/mol. The van der Waals surface area contributed by atoms with Gasteiger partial charge in [0.05, 0.1) is 24.8 Å². The lowest BCUT2D eigenvalue weighted by molar-refractivity contribution is 0.101. The Labute approximate surface area is 213 Å². The fourth-order valence-electron chi connectivity index (χ4n) is 4.62. The van der Waals surface area contributed by atoms with Crippen LogP contribution in [0.4, 0.5) is 5.82 Å². The van der Waals surface area contributed by atoms with E-state index < -0.39 is 22.3 Å². The molecule has 12 heteroatoms. The van der Waals surface area contributed by atoms with Crippen LogP contribution in [-0.2, 0) is 21.0 Å². The number of ketones is 1. The van der Waals surface area contributed by atoms with Crippen molar-refractivity contribution >= 4 is 32.7 Å². The maximum Gasteiger partial charge on any atom is 0.333 e. The topological polar surface area (TPSA) is 162 Å². The van der Waals surface area contributed by atoms with Crippen LogP contribution in [0.5, 0.6) is 0 Å². The molecule has 0 bridgehead atoms. The van der Waals surface area contributed by atoms with Crippen LogP contribution in [0, 0.1) is 5.92 Å². The van der Waals surface area contributed by atoms with Gasteiger partial charge in [0.1, 0.15) is 17.8 Å². The number of nitrogens with two attached hydrogens (primary N) is 1. The van der Waals surface area contributed by atoms with Crippen molar-refractivity contribution in [3.8, 4) is 0 Å². The molecule has 11 nitrogen and oxygen atoms in total. The molecule has 0 radical (unpaired) electrons. The van der Waals surface area contributed by atoms with E-state index in [4.69, 9.17) is 5.14 Å². The maximum absolute atomic E-state index is 13.3. The number of fused-ring (bicyclic) bond motifs is 1. The summed E-state index contributed by atoms with van der Waals surface area (Å²) in [5.41, 5.74) is 1.56. The number of carbonyl (C=O) groups is 1. The highest BCUT2D eigenvalue weighted by molar-refractivity contribution is 7.84. The predicted octanol–water partition coefficient (Wildman–Crippen LogP) is 1.88. The van der Waals surface area contributed by atoms with E-state index in [2.05, 4.69) is 48.8 Å². The monoisotopic (exact) mass is 522 g/mol. The van der Waals surface area contributed by atoms with E-state index in [9.17, 15) is 18.3 Å². The summed E-state index contributed by atoms with van der Waals surface area (Å²) in [4.78, 5) is 21.5. The highest BCUT2D eigenvalue weighted by atomic mass is 32.2. The van der Waals surface area contributed by atoms with E-state index >= 15 is 0 Å². The molecule has 192 valence electrons. The highest BCUT2D eigenvalue weighted by Gasteiger charge is 2.34. The lowest BCUT2D eigenvalue weighted by Crippen LogP contribution is -2.24. The number of hydrogen-bond donors (Lipinski definition) is 3. The van der Waals surface area contributed by atoms with Crippen molar-refractivity contribution in [2.24, 2.45) is 11.1 Å². The van der Waals surface area contributed by atoms with Gasteiger partial charge in [0, 0.05) is 24.4 Å². The second kappa shape index (κ2) is 10.3.